The van der Waals surface area contributed by atoms with Crippen molar-refractivity contribution in [2.75, 3.05) is 23.7 Å². The molecule has 0 aliphatic carbocycles. The molecule has 1 rings (SSSR count). The van der Waals surface area contributed by atoms with Crippen molar-refractivity contribution < 1.29 is 0 Å². The fourth-order valence-corrected chi connectivity index (χ4v) is 1.29. The van der Waals surface area contributed by atoms with Gasteiger partial charge in [0.1, 0.15) is 0 Å². The Kier molecular flexibility index (Phi) is 3.68. The number of nitrogens with two attached hydrogens (primary N) is 1. The molecule has 78 valence electrons. The number of hydrogen-bond acceptors (Lipinski definition) is 4. The van der Waals surface area contributed by atoms with E-state index in [0.717, 1.165) is 19.0 Å². The van der Waals surface area contributed by atoms with Gasteiger partial charge in [-0.15, -0.1) is 0 Å². The van der Waals surface area contributed by atoms with E-state index in [1.807, 2.05) is 0 Å². The van der Waals surface area contributed by atoms with Gasteiger partial charge in [0.05, 0.1) is 18.1 Å². The Morgan fingerprint density at radius 3 is 2.36 bits per heavy atom. The molecule has 0 atom stereocenters. The minimum atomic E-state index is 0.606. The highest BCUT2D eigenvalue weighted by Crippen LogP contribution is 2.09. The maximum Gasteiger partial charge on any atom is 0.225 e. The van der Waals surface area contributed by atoms with Crippen molar-refractivity contribution in [1.82, 2.24) is 9.97 Å². The third-order valence-electron chi connectivity index (χ3n) is 1.91. The maximum atomic E-state index is 5.53. The molecular formula is C10H18N4. The van der Waals surface area contributed by atoms with Gasteiger partial charge in [-0.2, -0.15) is 0 Å². The van der Waals surface area contributed by atoms with Crippen LogP contribution in [0.15, 0.2) is 12.4 Å². The van der Waals surface area contributed by atoms with E-state index in [1.165, 1.54) is 0 Å². The molecule has 0 aliphatic rings. The summed E-state index contributed by atoms with van der Waals surface area (Å²) in [6.07, 6.45) is 3.29. The molecule has 14 heavy (non-hydrogen) atoms. The number of aromatic nitrogens is 2. The first-order chi connectivity index (χ1) is 6.63. The zero-order chi connectivity index (χ0) is 10.6. The molecule has 0 saturated heterocycles. The highest BCUT2D eigenvalue weighted by molar-refractivity contribution is 5.37. The standard InChI is InChI=1S/C10H18N4/c1-4-14(7-8(2)3)10-12-5-9(11)6-13-10/h5-6,8H,4,7,11H2,1-3H3. The normalized spacial score (nSPS) is 10.6. The minimum absolute atomic E-state index is 0.606. The second kappa shape index (κ2) is 4.79. The highest BCUT2D eigenvalue weighted by atomic mass is 15.2. The first-order valence-corrected chi connectivity index (χ1v) is 4.96. The zero-order valence-corrected chi connectivity index (χ0v) is 9.07. The van der Waals surface area contributed by atoms with Gasteiger partial charge in [0.15, 0.2) is 0 Å². The molecule has 0 spiro atoms. The summed E-state index contributed by atoms with van der Waals surface area (Å²) in [5, 5.41) is 0. The number of rotatable bonds is 4. The van der Waals surface area contributed by atoms with Crippen molar-refractivity contribution in [2.24, 2.45) is 5.92 Å². The lowest BCUT2D eigenvalue weighted by Gasteiger charge is -2.22. The molecule has 0 radical (unpaired) electrons. The van der Waals surface area contributed by atoms with Crippen LogP contribution in [-0.2, 0) is 0 Å². The van der Waals surface area contributed by atoms with Crippen LogP contribution in [0.3, 0.4) is 0 Å². The van der Waals surface area contributed by atoms with Gasteiger partial charge in [0.25, 0.3) is 0 Å². The maximum absolute atomic E-state index is 5.53. The van der Waals surface area contributed by atoms with Crippen molar-refractivity contribution in [3.63, 3.8) is 0 Å². The smallest absolute Gasteiger partial charge is 0.225 e. The molecule has 0 fully saturated rings. The molecule has 1 aromatic heterocycles. The summed E-state index contributed by atoms with van der Waals surface area (Å²) >= 11 is 0. The summed E-state index contributed by atoms with van der Waals surface area (Å²) in [4.78, 5) is 10.5. The average Bonchev–Trinajstić information content (AvgIpc) is 2.15. The summed E-state index contributed by atoms with van der Waals surface area (Å²) in [7, 11) is 0. The Morgan fingerprint density at radius 1 is 1.36 bits per heavy atom. The molecule has 0 amide bonds. The lowest BCUT2D eigenvalue weighted by Crippen LogP contribution is -2.28. The third kappa shape index (κ3) is 2.87. The SMILES string of the molecule is CCN(CC(C)C)c1ncc(N)cn1. The molecule has 4 heteroatoms. The summed E-state index contributed by atoms with van der Waals surface area (Å²) in [5.41, 5.74) is 6.13. The number of nitrogens with zero attached hydrogens (tertiary/aromatic N) is 3. The van der Waals surface area contributed by atoms with E-state index in [2.05, 4.69) is 35.6 Å². The predicted octanol–water partition coefficient (Wildman–Crippen LogP) is 1.54. The van der Waals surface area contributed by atoms with Crippen LogP contribution in [0.4, 0.5) is 11.6 Å². The molecule has 0 aromatic carbocycles. The quantitative estimate of drug-likeness (QED) is 0.790. The molecule has 0 bridgehead atoms. The van der Waals surface area contributed by atoms with E-state index in [9.17, 15) is 0 Å². The van der Waals surface area contributed by atoms with Gasteiger partial charge in [0, 0.05) is 13.1 Å². The first kappa shape index (κ1) is 10.8. The lowest BCUT2D eigenvalue weighted by atomic mass is 10.2. The van der Waals surface area contributed by atoms with Gasteiger partial charge in [0.2, 0.25) is 5.95 Å². The van der Waals surface area contributed by atoms with E-state index in [1.54, 1.807) is 12.4 Å². The summed E-state index contributed by atoms with van der Waals surface area (Å²) in [5.74, 6) is 1.37. The topological polar surface area (TPSA) is 55.0 Å². The number of hydrogen-bond donors (Lipinski definition) is 1. The summed E-state index contributed by atoms with van der Waals surface area (Å²) in [6, 6.07) is 0. The largest absolute Gasteiger partial charge is 0.396 e. The van der Waals surface area contributed by atoms with Crippen LogP contribution in [0, 0.1) is 5.92 Å². The highest BCUT2D eigenvalue weighted by Gasteiger charge is 2.08. The Hall–Kier alpha value is -1.32. The molecule has 0 saturated carbocycles. The Labute approximate surface area is 85.2 Å². The van der Waals surface area contributed by atoms with Crippen molar-refractivity contribution >= 4 is 11.6 Å². The van der Waals surface area contributed by atoms with Gasteiger partial charge in [-0.25, -0.2) is 9.97 Å². The van der Waals surface area contributed by atoms with E-state index < -0.39 is 0 Å². The van der Waals surface area contributed by atoms with Crippen molar-refractivity contribution in [3.8, 4) is 0 Å². The predicted molar refractivity (Wildman–Crippen MR) is 59.2 cm³/mol. The molecule has 0 unspecified atom stereocenters. The van der Waals surface area contributed by atoms with Crippen LogP contribution in [-0.4, -0.2) is 23.1 Å². The molecule has 4 nitrogen and oxygen atoms in total. The molecule has 0 aliphatic heterocycles. The van der Waals surface area contributed by atoms with Crippen molar-refractivity contribution in [1.29, 1.82) is 0 Å². The van der Waals surface area contributed by atoms with Crippen LogP contribution < -0.4 is 10.6 Å². The number of nitrogen functional groups attached to an aromatic ring is 1. The fraction of sp³-hybridized carbons (Fsp3) is 0.600. The molecular weight excluding hydrogens is 176 g/mol. The molecule has 1 heterocycles. The second-order valence-electron chi connectivity index (χ2n) is 3.75. The fourth-order valence-electron chi connectivity index (χ4n) is 1.29. The number of anilines is 2. The van der Waals surface area contributed by atoms with Crippen LogP contribution >= 0.6 is 0 Å². The lowest BCUT2D eigenvalue weighted by molar-refractivity contribution is 0.609. The van der Waals surface area contributed by atoms with Crippen LogP contribution in [0.1, 0.15) is 20.8 Å². The Bertz CT molecular complexity index is 268. The van der Waals surface area contributed by atoms with Gasteiger partial charge < -0.3 is 10.6 Å². The minimum Gasteiger partial charge on any atom is -0.396 e. The van der Waals surface area contributed by atoms with Gasteiger partial charge in [-0.05, 0) is 12.8 Å². The van der Waals surface area contributed by atoms with E-state index in [4.69, 9.17) is 5.73 Å². The Morgan fingerprint density at radius 2 is 1.93 bits per heavy atom. The van der Waals surface area contributed by atoms with E-state index >= 15 is 0 Å². The summed E-state index contributed by atoms with van der Waals surface area (Å²) in [6.45, 7) is 8.35. The zero-order valence-electron chi connectivity index (χ0n) is 9.07. The van der Waals surface area contributed by atoms with Crippen molar-refractivity contribution in [3.05, 3.63) is 12.4 Å². The van der Waals surface area contributed by atoms with E-state index in [0.29, 0.717) is 11.6 Å². The second-order valence-corrected chi connectivity index (χ2v) is 3.75. The van der Waals surface area contributed by atoms with Gasteiger partial charge in [-0.3, -0.25) is 0 Å². The Balaban J connectivity index is 2.73. The molecule has 2 N–H and O–H groups in total. The first-order valence-electron chi connectivity index (χ1n) is 4.96. The van der Waals surface area contributed by atoms with Crippen LogP contribution in [0.25, 0.3) is 0 Å². The van der Waals surface area contributed by atoms with Crippen molar-refractivity contribution in [2.45, 2.75) is 20.8 Å². The van der Waals surface area contributed by atoms with Crippen LogP contribution in [0.5, 0.6) is 0 Å². The summed E-state index contributed by atoms with van der Waals surface area (Å²) < 4.78 is 0. The third-order valence-corrected chi connectivity index (χ3v) is 1.91. The molecule has 1 aromatic rings. The monoisotopic (exact) mass is 194 g/mol. The van der Waals surface area contributed by atoms with Gasteiger partial charge >= 0.3 is 0 Å². The van der Waals surface area contributed by atoms with Gasteiger partial charge in [-0.1, -0.05) is 13.8 Å². The van der Waals surface area contributed by atoms with E-state index in [-0.39, 0.29) is 0 Å². The van der Waals surface area contributed by atoms with Crippen LogP contribution in [0.2, 0.25) is 0 Å². The average molecular weight is 194 g/mol.